The Bertz CT molecular complexity index is 799. The average Bonchev–Trinajstić information content (AvgIpc) is 2.69. The van der Waals surface area contributed by atoms with Gasteiger partial charge in [-0.3, -0.25) is 4.57 Å². The van der Waals surface area contributed by atoms with Crippen molar-refractivity contribution in [2.45, 2.75) is 13.5 Å². The molecule has 0 radical (unpaired) electrons. The third-order valence-corrected chi connectivity index (χ3v) is 3.25. The van der Waals surface area contributed by atoms with Crippen molar-refractivity contribution in [2.24, 2.45) is 0 Å². The molecule has 0 fully saturated rings. The average molecular weight is 254 g/mol. The van der Waals surface area contributed by atoms with Gasteiger partial charge in [0.15, 0.2) is 0 Å². The first-order chi connectivity index (χ1) is 9.15. The summed E-state index contributed by atoms with van der Waals surface area (Å²) in [5.74, 6) is 0.205. The first-order valence-electron chi connectivity index (χ1n) is 6.11. The van der Waals surface area contributed by atoms with Gasteiger partial charge in [0.05, 0.1) is 17.6 Å². The number of nitrogens with zero attached hydrogens (tertiary/aromatic N) is 1. The van der Waals surface area contributed by atoms with Gasteiger partial charge in [-0.15, -0.1) is 0 Å². The van der Waals surface area contributed by atoms with E-state index in [1.807, 2.05) is 37.3 Å². The Hall–Kier alpha value is -2.49. The number of aromatic amines is 1. The number of H-pyrrole nitrogens is 1. The van der Waals surface area contributed by atoms with Gasteiger partial charge in [-0.25, -0.2) is 4.79 Å². The number of imidazole rings is 1. The number of rotatable bonds is 2. The molecule has 1 aromatic heterocycles. The summed E-state index contributed by atoms with van der Waals surface area (Å²) >= 11 is 0. The van der Waals surface area contributed by atoms with Crippen LogP contribution in [-0.2, 0) is 6.54 Å². The van der Waals surface area contributed by atoms with Crippen molar-refractivity contribution < 1.29 is 5.11 Å². The maximum absolute atomic E-state index is 12.0. The minimum atomic E-state index is -0.163. The van der Waals surface area contributed by atoms with Crippen LogP contribution in [0.15, 0.2) is 47.3 Å². The summed E-state index contributed by atoms with van der Waals surface area (Å²) in [7, 11) is 0. The van der Waals surface area contributed by atoms with E-state index in [-0.39, 0.29) is 11.4 Å². The van der Waals surface area contributed by atoms with Crippen molar-refractivity contribution in [1.82, 2.24) is 9.55 Å². The lowest BCUT2D eigenvalue weighted by molar-refractivity contribution is 0.466. The van der Waals surface area contributed by atoms with Crippen LogP contribution in [-0.4, -0.2) is 14.7 Å². The zero-order valence-corrected chi connectivity index (χ0v) is 10.6. The molecule has 0 saturated carbocycles. The molecule has 0 aliphatic heterocycles. The SMILES string of the molecule is Cc1ccc2[nH]c(=O)n(Cc3ccccc3O)c2c1. The number of aryl methyl sites for hydroxylation is 1. The molecule has 96 valence electrons. The smallest absolute Gasteiger partial charge is 0.326 e. The topological polar surface area (TPSA) is 58.0 Å². The predicted octanol–water partition coefficient (Wildman–Crippen LogP) is 2.39. The fraction of sp³-hybridized carbons (Fsp3) is 0.133. The highest BCUT2D eigenvalue weighted by molar-refractivity contribution is 5.76. The van der Waals surface area contributed by atoms with Crippen molar-refractivity contribution >= 4 is 11.0 Å². The van der Waals surface area contributed by atoms with Gasteiger partial charge >= 0.3 is 5.69 Å². The number of phenols is 1. The summed E-state index contributed by atoms with van der Waals surface area (Å²) in [4.78, 5) is 14.8. The molecule has 0 aliphatic rings. The standard InChI is InChI=1S/C15H14N2O2/c1-10-6-7-12-13(8-10)17(15(19)16-12)9-11-4-2-3-5-14(11)18/h2-8,18H,9H2,1H3,(H,16,19). The molecule has 0 atom stereocenters. The number of nitrogens with one attached hydrogen (secondary N) is 1. The number of para-hydroxylation sites is 1. The fourth-order valence-electron chi connectivity index (χ4n) is 2.23. The summed E-state index contributed by atoms with van der Waals surface area (Å²) in [6.07, 6.45) is 0. The third kappa shape index (κ3) is 2.01. The first-order valence-corrected chi connectivity index (χ1v) is 6.11. The van der Waals surface area contributed by atoms with Crippen LogP contribution in [0, 0.1) is 6.92 Å². The van der Waals surface area contributed by atoms with Gasteiger partial charge in [0.1, 0.15) is 5.75 Å². The van der Waals surface area contributed by atoms with E-state index in [0.29, 0.717) is 6.54 Å². The molecule has 4 nitrogen and oxygen atoms in total. The number of phenolic OH excluding ortho intramolecular Hbond substituents is 1. The molecule has 3 rings (SSSR count). The Balaban J connectivity index is 2.15. The highest BCUT2D eigenvalue weighted by atomic mass is 16.3. The van der Waals surface area contributed by atoms with Crippen LogP contribution in [0.4, 0.5) is 0 Å². The summed E-state index contributed by atoms with van der Waals surface area (Å²) in [6, 6.07) is 12.9. The van der Waals surface area contributed by atoms with Crippen LogP contribution in [0.1, 0.15) is 11.1 Å². The predicted molar refractivity (Wildman–Crippen MR) is 74.5 cm³/mol. The van der Waals surface area contributed by atoms with Crippen molar-refractivity contribution in [1.29, 1.82) is 0 Å². The molecule has 0 saturated heterocycles. The number of hydrogen-bond donors (Lipinski definition) is 2. The van der Waals surface area contributed by atoms with Gasteiger partial charge in [-0.1, -0.05) is 24.3 Å². The molecule has 0 amide bonds. The van der Waals surface area contributed by atoms with E-state index in [4.69, 9.17) is 0 Å². The largest absolute Gasteiger partial charge is 0.508 e. The van der Waals surface area contributed by atoms with Gasteiger partial charge in [-0.05, 0) is 30.7 Å². The molecule has 3 aromatic rings. The van der Waals surface area contributed by atoms with Crippen molar-refractivity contribution in [3.8, 4) is 5.75 Å². The number of benzene rings is 2. The molecule has 0 spiro atoms. The highest BCUT2D eigenvalue weighted by Gasteiger charge is 2.09. The van der Waals surface area contributed by atoms with Gasteiger partial charge in [0, 0.05) is 5.56 Å². The Morgan fingerprint density at radius 1 is 1.21 bits per heavy atom. The lowest BCUT2D eigenvalue weighted by Crippen LogP contribution is -2.17. The second-order valence-electron chi connectivity index (χ2n) is 4.67. The van der Waals surface area contributed by atoms with E-state index >= 15 is 0 Å². The van der Waals surface area contributed by atoms with Crippen molar-refractivity contribution in [3.05, 3.63) is 64.1 Å². The molecule has 1 heterocycles. The second kappa shape index (κ2) is 4.31. The van der Waals surface area contributed by atoms with E-state index in [0.717, 1.165) is 22.2 Å². The molecule has 0 unspecified atom stereocenters. The molecular weight excluding hydrogens is 240 g/mol. The van der Waals surface area contributed by atoms with Gasteiger partial charge in [0.2, 0.25) is 0 Å². The quantitative estimate of drug-likeness (QED) is 0.737. The molecule has 2 N–H and O–H groups in total. The zero-order chi connectivity index (χ0) is 13.4. The van der Waals surface area contributed by atoms with Gasteiger partial charge < -0.3 is 10.1 Å². The number of aromatic hydroxyl groups is 1. The maximum atomic E-state index is 12.0. The van der Waals surface area contributed by atoms with Crippen LogP contribution in [0.2, 0.25) is 0 Å². The Kier molecular flexibility index (Phi) is 2.63. The first kappa shape index (κ1) is 11.6. The molecule has 19 heavy (non-hydrogen) atoms. The van der Waals surface area contributed by atoms with Gasteiger partial charge in [-0.2, -0.15) is 0 Å². The summed E-state index contributed by atoms with van der Waals surface area (Å²) < 4.78 is 1.64. The molecule has 4 heteroatoms. The minimum absolute atomic E-state index is 0.163. The van der Waals surface area contributed by atoms with Crippen LogP contribution in [0.25, 0.3) is 11.0 Å². The lowest BCUT2D eigenvalue weighted by Gasteiger charge is -2.06. The van der Waals surface area contributed by atoms with Crippen LogP contribution in [0.3, 0.4) is 0 Å². The maximum Gasteiger partial charge on any atom is 0.326 e. The fourth-order valence-corrected chi connectivity index (χ4v) is 2.23. The zero-order valence-electron chi connectivity index (χ0n) is 10.6. The monoisotopic (exact) mass is 254 g/mol. The summed E-state index contributed by atoms with van der Waals surface area (Å²) in [6.45, 7) is 2.34. The lowest BCUT2D eigenvalue weighted by atomic mass is 10.2. The number of fused-ring (bicyclic) bond motifs is 1. The number of hydrogen-bond acceptors (Lipinski definition) is 2. The van der Waals surface area contributed by atoms with Crippen LogP contribution >= 0.6 is 0 Å². The molecular formula is C15H14N2O2. The molecule has 0 aliphatic carbocycles. The highest BCUT2D eigenvalue weighted by Crippen LogP contribution is 2.19. The van der Waals surface area contributed by atoms with Crippen molar-refractivity contribution in [2.75, 3.05) is 0 Å². The van der Waals surface area contributed by atoms with Crippen molar-refractivity contribution in [3.63, 3.8) is 0 Å². The Labute approximate surface area is 109 Å². The molecule has 0 bridgehead atoms. The van der Waals surface area contributed by atoms with E-state index in [1.54, 1.807) is 16.7 Å². The number of aromatic nitrogens is 2. The van der Waals surface area contributed by atoms with Crippen LogP contribution < -0.4 is 5.69 Å². The summed E-state index contributed by atoms with van der Waals surface area (Å²) in [5.41, 5.74) is 3.33. The van der Waals surface area contributed by atoms with E-state index in [9.17, 15) is 9.90 Å². The Morgan fingerprint density at radius 2 is 2.00 bits per heavy atom. The van der Waals surface area contributed by atoms with E-state index in [1.165, 1.54) is 0 Å². The van der Waals surface area contributed by atoms with E-state index in [2.05, 4.69) is 4.98 Å². The third-order valence-electron chi connectivity index (χ3n) is 3.25. The van der Waals surface area contributed by atoms with Gasteiger partial charge in [0.25, 0.3) is 0 Å². The Morgan fingerprint density at radius 3 is 2.79 bits per heavy atom. The minimum Gasteiger partial charge on any atom is -0.508 e. The summed E-state index contributed by atoms with van der Waals surface area (Å²) in [5, 5.41) is 9.80. The van der Waals surface area contributed by atoms with Crippen LogP contribution in [0.5, 0.6) is 5.75 Å². The second-order valence-corrected chi connectivity index (χ2v) is 4.67. The molecule has 2 aromatic carbocycles. The van der Waals surface area contributed by atoms with E-state index < -0.39 is 0 Å². The normalized spacial score (nSPS) is 11.0.